The summed E-state index contributed by atoms with van der Waals surface area (Å²) >= 11 is 7.84. The summed E-state index contributed by atoms with van der Waals surface area (Å²) in [4.78, 5) is 37.0. The van der Waals surface area contributed by atoms with Crippen LogP contribution in [0.15, 0.2) is 23.8 Å². The standard InChI is InChI=1S/C26H33BrFNO6S/c1-14-8-18-17-5-4-15-9-16(30)6-7-23(15,2)25(17,28)20(31)10-24(18,3)26(14,34)21(32)12-35-22(33)19(27)11-29-13-36/h6-7,9,13-14,17-20,31,34H,4-5,8,10-12H2,1-3H3,(H,29,36)/t14-,17?,18?,19?,20-,23-,24-,25-,26-/m0/s1. The Hall–Kier alpha value is -1.49. The zero-order valence-corrected chi connectivity index (χ0v) is 23.0. The van der Waals surface area contributed by atoms with Gasteiger partial charge in [0.1, 0.15) is 10.4 Å². The molecule has 0 bridgehead atoms. The quantitative estimate of drug-likeness (QED) is 0.237. The highest BCUT2D eigenvalue weighted by Gasteiger charge is 2.75. The summed E-state index contributed by atoms with van der Waals surface area (Å²) < 4.78 is 22.4. The number of ketones is 2. The molecule has 3 unspecified atom stereocenters. The summed E-state index contributed by atoms with van der Waals surface area (Å²) in [7, 11) is 0. The smallest absolute Gasteiger partial charge is 0.321 e. The van der Waals surface area contributed by atoms with Crippen molar-refractivity contribution in [3.63, 3.8) is 0 Å². The minimum Gasteiger partial charge on any atom is -0.457 e. The van der Waals surface area contributed by atoms with Crippen molar-refractivity contribution in [3.8, 4) is 0 Å². The molecule has 9 atom stereocenters. The van der Waals surface area contributed by atoms with E-state index in [1.807, 2.05) is 0 Å². The van der Waals surface area contributed by atoms with E-state index in [1.165, 1.54) is 17.6 Å². The second-order valence-corrected chi connectivity index (χ2v) is 12.5. The van der Waals surface area contributed by atoms with Gasteiger partial charge in [0.25, 0.3) is 0 Å². The Kier molecular flexibility index (Phi) is 7.16. The van der Waals surface area contributed by atoms with Gasteiger partial charge in [-0.15, -0.1) is 0 Å². The second-order valence-electron chi connectivity index (χ2n) is 11.2. The number of aliphatic hydroxyl groups excluding tert-OH is 1. The van der Waals surface area contributed by atoms with Crippen molar-refractivity contribution in [2.75, 3.05) is 13.2 Å². The van der Waals surface area contributed by atoms with Crippen LogP contribution in [0.3, 0.4) is 0 Å². The van der Waals surface area contributed by atoms with Gasteiger partial charge >= 0.3 is 5.97 Å². The molecule has 4 aliphatic rings. The average molecular weight is 587 g/mol. The number of nitrogens with one attached hydrogen (secondary N) is 1. The van der Waals surface area contributed by atoms with E-state index in [9.17, 15) is 24.6 Å². The van der Waals surface area contributed by atoms with Crippen molar-refractivity contribution in [3.05, 3.63) is 23.8 Å². The summed E-state index contributed by atoms with van der Waals surface area (Å²) in [6, 6.07) is 0. The number of fused-ring (bicyclic) bond motifs is 5. The summed E-state index contributed by atoms with van der Waals surface area (Å²) in [5, 5.41) is 26.0. The van der Waals surface area contributed by atoms with Crippen LogP contribution >= 0.6 is 28.1 Å². The van der Waals surface area contributed by atoms with Gasteiger partial charge in [-0.3, -0.25) is 14.4 Å². The molecule has 198 valence electrons. The zero-order chi connectivity index (χ0) is 26.7. The number of rotatable bonds is 7. The van der Waals surface area contributed by atoms with Crippen LogP contribution in [-0.2, 0) is 19.1 Å². The van der Waals surface area contributed by atoms with Gasteiger partial charge < -0.3 is 20.3 Å². The fourth-order valence-corrected chi connectivity index (χ4v) is 8.13. The van der Waals surface area contributed by atoms with Crippen molar-refractivity contribution in [2.45, 2.75) is 68.7 Å². The number of allylic oxidation sites excluding steroid dienone is 4. The van der Waals surface area contributed by atoms with E-state index in [0.29, 0.717) is 24.8 Å². The minimum absolute atomic E-state index is 0.129. The number of Topliss-reactive ketones (excluding diaryl/α,β-unsaturated/α-hetero) is 1. The van der Waals surface area contributed by atoms with Gasteiger partial charge in [0, 0.05) is 23.3 Å². The number of halogens is 2. The number of alkyl halides is 2. The van der Waals surface area contributed by atoms with Gasteiger partial charge in [-0.1, -0.05) is 53.6 Å². The Bertz CT molecular complexity index is 1050. The van der Waals surface area contributed by atoms with Crippen molar-refractivity contribution >= 4 is 51.2 Å². The lowest BCUT2D eigenvalue weighted by Gasteiger charge is -2.62. The van der Waals surface area contributed by atoms with Crippen LogP contribution < -0.4 is 5.32 Å². The van der Waals surface area contributed by atoms with Crippen molar-refractivity contribution < 1.29 is 33.7 Å². The van der Waals surface area contributed by atoms with Gasteiger partial charge in [0.2, 0.25) is 5.78 Å². The molecule has 4 rings (SSSR count). The van der Waals surface area contributed by atoms with Crippen LogP contribution in [0.25, 0.3) is 0 Å². The van der Waals surface area contributed by atoms with Crippen molar-refractivity contribution in [1.82, 2.24) is 5.32 Å². The topological polar surface area (TPSA) is 113 Å². The molecule has 0 aromatic rings. The maximum Gasteiger partial charge on any atom is 0.321 e. The van der Waals surface area contributed by atoms with E-state index in [-0.39, 0.29) is 24.7 Å². The predicted octanol–water partition coefficient (Wildman–Crippen LogP) is 2.76. The minimum atomic E-state index is -2.04. The predicted molar refractivity (Wildman–Crippen MR) is 138 cm³/mol. The van der Waals surface area contributed by atoms with E-state index >= 15 is 4.39 Å². The lowest BCUT2D eigenvalue weighted by molar-refractivity contribution is -0.220. The summed E-state index contributed by atoms with van der Waals surface area (Å²) in [5.74, 6) is -3.05. The molecule has 7 nitrogen and oxygen atoms in total. The average Bonchev–Trinajstić information content (AvgIpc) is 3.03. The number of aliphatic hydroxyl groups is 2. The SMILES string of the molecule is C[C@H]1CC2C3CCC4=CC(=O)C=C[C@]4(C)[C@@]3(F)[C@@H](O)C[C@]2(C)[C@@]1(O)C(=O)COC(=O)C(Br)CNC=S. The molecule has 36 heavy (non-hydrogen) atoms. The van der Waals surface area contributed by atoms with Gasteiger partial charge in [-0.25, -0.2) is 4.39 Å². The number of esters is 1. The molecule has 0 aliphatic heterocycles. The number of ether oxygens (including phenoxy) is 1. The van der Waals surface area contributed by atoms with Crippen LogP contribution in [0.4, 0.5) is 4.39 Å². The molecule has 0 heterocycles. The van der Waals surface area contributed by atoms with E-state index < -0.39 is 63.2 Å². The fourth-order valence-electron chi connectivity index (χ4n) is 7.71. The Balaban J connectivity index is 1.61. The first-order valence-electron chi connectivity index (χ1n) is 12.3. The highest BCUT2D eigenvalue weighted by atomic mass is 79.9. The number of thiocarbonyl (C=S) groups is 1. The van der Waals surface area contributed by atoms with Gasteiger partial charge in [0.15, 0.2) is 18.1 Å². The number of carbonyl (C=O) groups is 3. The van der Waals surface area contributed by atoms with E-state index in [4.69, 9.17) is 4.74 Å². The Morgan fingerprint density at radius 1 is 1.39 bits per heavy atom. The molecule has 0 aromatic heterocycles. The lowest BCUT2D eigenvalue weighted by atomic mass is 9.44. The maximum absolute atomic E-state index is 17.2. The second kappa shape index (κ2) is 9.36. The first kappa shape index (κ1) is 27.5. The molecular formula is C26H33BrFNO6S. The molecule has 0 aromatic carbocycles. The number of carbonyl (C=O) groups excluding carboxylic acids is 3. The van der Waals surface area contributed by atoms with Crippen LogP contribution in [0.5, 0.6) is 0 Å². The molecular weight excluding hydrogens is 553 g/mol. The molecule has 4 aliphatic carbocycles. The highest BCUT2D eigenvalue weighted by molar-refractivity contribution is 9.10. The van der Waals surface area contributed by atoms with Crippen LogP contribution in [0, 0.1) is 28.6 Å². The molecule has 10 heteroatoms. The monoisotopic (exact) mass is 585 g/mol. The normalized spacial score (nSPS) is 44.0. The Morgan fingerprint density at radius 2 is 2.08 bits per heavy atom. The van der Waals surface area contributed by atoms with E-state index in [0.717, 1.165) is 0 Å². The van der Waals surface area contributed by atoms with Gasteiger partial charge in [-0.2, -0.15) is 0 Å². The maximum atomic E-state index is 17.2. The van der Waals surface area contributed by atoms with E-state index in [1.54, 1.807) is 26.8 Å². The molecule has 0 saturated heterocycles. The number of hydrogen-bond donors (Lipinski definition) is 3. The third-order valence-electron chi connectivity index (χ3n) is 9.63. The Morgan fingerprint density at radius 3 is 2.75 bits per heavy atom. The molecule has 0 amide bonds. The van der Waals surface area contributed by atoms with Crippen LogP contribution in [0.1, 0.15) is 46.5 Å². The lowest BCUT2D eigenvalue weighted by Crippen LogP contribution is -2.69. The first-order chi connectivity index (χ1) is 16.8. The van der Waals surface area contributed by atoms with Crippen molar-refractivity contribution in [2.24, 2.45) is 28.6 Å². The third kappa shape index (κ3) is 3.69. The largest absolute Gasteiger partial charge is 0.457 e. The molecule has 3 N–H and O–H groups in total. The zero-order valence-electron chi connectivity index (χ0n) is 20.6. The third-order valence-corrected chi connectivity index (χ3v) is 10.5. The first-order valence-corrected chi connectivity index (χ1v) is 13.7. The van der Waals surface area contributed by atoms with Gasteiger partial charge in [0.05, 0.1) is 11.6 Å². The highest BCUT2D eigenvalue weighted by Crippen LogP contribution is 2.70. The molecule has 3 saturated carbocycles. The van der Waals surface area contributed by atoms with Crippen LogP contribution in [0.2, 0.25) is 0 Å². The summed E-state index contributed by atoms with van der Waals surface area (Å²) in [6.45, 7) is 4.77. The van der Waals surface area contributed by atoms with Crippen molar-refractivity contribution in [1.29, 1.82) is 0 Å². The Labute approximate surface area is 224 Å². The van der Waals surface area contributed by atoms with E-state index in [2.05, 4.69) is 33.5 Å². The fraction of sp³-hybridized carbons (Fsp3) is 0.692. The number of hydrogen-bond acceptors (Lipinski definition) is 7. The summed E-state index contributed by atoms with van der Waals surface area (Å²) in [6.07, 6.45) is 4.12. The van der Waals surface area contributed by atoms with Gasteiger partial charge in [-0.05, 0) is 56.6 Å². The molecule has 3 fully saturated rings. The molecule has 0 radical (unpaired) electrons. The molecule has 0 spiro atoms. The van der Waals surface area contributed by atoms with Crippen LogP contribution in [-0.4, -0.2) is 68.6 Å². The summed E-state index contributed by atoms with van der Waals surface area (Å²) in [5.41, 5.74) is -4.26.